The molecule has 16 valence electrons. The van der Waals surface area contributed by atoms with Crippen molar-refractivity contribution in [3.8, 4) is 0 Å². The van der Waals surface area contributed by atoms with Gasteiger partial charge < -0.3 is 0 Å². The summed E-state index contributed by atoms with van der Waals surface area (Å²) in [6.45, 7) is 0. The van der Waals surface area contributed by atoms with E-state index in [0.29, 0.717) is 0 Å². The molecule has 0 atom stereocenters. The van der Waals surface area contributed by atoms with E-state index >= 15 is 0 Å². The Morgan fingerprint density at radius 2 is 1.25 bits per heavy atom. The standard InChI is InChI=1S/Cr.K.O.Zn.H. The second kappa shape index (κ2) is 17.6. The molecule has 0 aliphatic heterocycles. The summed E-state index contributed by atoms with van der Waals surface area (Å²) >= 11 is 1.38. The molecule has 0 aromatic heterocycles. The van der Waals surface area contributed by atoms with Gasteiger partial charge in [-0.2, -0.15) is 0 Å². The number of hydrogen-bond acceptors (Lipinski definition) is 1. The molecule has 0 aliphatic rings. The summed E-state index contributed by atoms with van der Waals surface area (Å²) < 4.78 is 8.12. The van der Waals surface area contributed by atoms with Crippen LogP contribution >= 0.6 is 0 Å². The maximum Gasteiger partial charge on any atom is 0 e. The van der Waals surface area contributed by atoms with Crippen molar-refractivity contribution in [3.05, 3.63) is 0 Å². The predicted molar refractivity (Wildman–Crippen MR) is 7.84 cm³/mol. The third kappa shape index (κ3) is 8.82. The van der Waals surface area contributed by atoms with E-state index in [2.05, 4.69) is 0 Å². The van der Waals surface area contributed by atoms with Crippen LogP contribution in [0, 0.1) is 0 Å². The van der Waals surface area contributed by atoms with Crippen molar-refractivity contribution >= 4 is 51.4 Å². The molecule has 4 heavy (non-hydrogen) atoms. The van der Waals surface area contributed by atoms with Gasteiger partial charge in [0.05, 0.1) is 0 Å². The fourth-order valence-corrected chi connectivity index (χ4v) is 0. The molecule has 0 rings (SSSR count). The van der Waals surface area contributed by atoms with Crippen LogP contribution in [0.2, 0.25) is 0 Å². The van der Waals surface area contributed by atoms with Gasteiger partial charge in [0.1, 0.15) is 0 Å². The van der Waals surface area contributed by atoms with E-state index in [1.165, 1.54) is 16.2 Å². The molecule has 0 N–H and O–H groups in total. The normalized spacial score (nSPS) is 1.00. The molecule has 0 aromatic carbocycles. The topological polar surface area (TPSA) is 17.1 Å². The summed E-state index contributed by atoms with van der Waals surface area (Å²) in [6.07, 6.45) is 0. The Balaban J connectivity index is -0.00000000500. The zero-order chi connectivity index (χ0) is 2.00. The first-order valence-electron chi connectivity index (χ1n) is 0.167. The molecule has 1 nitrogen and oxygen atoms in total. The van der Waals surface area contributed by atoms with Crippen LogP contribution in [0.3, 0.4) is 0 Å². The maximum absolute atomic E-state index is 8.12. The Labute approximate surface area is 88.7 Å². The van der Waals surface area contributed by atoms with E-state index in [1.54, 1.807) is 0 Å². The monoisotopic (exact) mass is 172 g/mol. The maximum atomic E-state index is 8.12. The molecule has 4 heteroatoms. The molecular weight excluding hydrogens is 172 g/mol. The number of rotatable bonds is 0. The van der Waals surface area contributed by atoms with Gasteiger partial charge >= 0.3 is 71.4 Å². The van der Waals surface area contributed by atoms with Gasteiger partial charge in [-0.3, -0.25) is 0 Å². The molecule has 0 saturated heterocycles. The van der Waals surface area contributed by atoms with Gasteiger partial charge in [0.2, 0.25) is 0 Å². The summed E-state index contributed by atoms with van der Waals surface area (Å²) in [5, 5.41) is 0. The van der Waals surface area contributed by atoms with Gasteiger partial charge in [0.25, 0.3) is 0 Å². The molecule has 0 amide bonds. The third-order valence-corrected chi connectivity index (χ3v) is 0. The fourth-order valence-electron chi connectivity index (χ4n) is 0. The third-order valence-electron chi connectivity index (χ3n) is 0. The molecule has 0 aliphatic carbocycles. The van der Waals surface area contributed by atoms with Crippen molar-refractivity contribution in [1.82, 2.24) is 0 Å². The van der Waals surface area contributed by atoms with Crippen LogP contribution in [-0.2, 0) is 39.5 Å². The average molecular weight is 173 g/mol. The molecule has 0 bridgehead atoms. The van der Waals surface area contributed by atoms with Crippen molar-refractivity contribution in [2.24, 2.45) is 0 Å². The average Bonchev–Trinajstić information content (AvgIpc) is 1.00. The first-order valence-corrected chi connectivity index (χ1v) is 0.687. The van der Waals surface area contributed by atoms with E-state index in [-0.39, 0.29) is 70.9 Å². The molecule has 0 aromatic rings. The van der Waals surface area contributed by atoms with Crippen LogP contribution in [0.5, 0.6) is 0 Å². The van der Waals surface area contributed by atoms with Crippen LogP contribution < -0.4 is 0 Å². The molecular formula is HCrKOZn. The van der Waals surface area contributed by atoms with Crippen LogP contribution in [-0.4, -0.2) is 51.4 Å². The van der Waals surface area contributed by atoms with Gasteiger partial charge in [-0.1, -0.05) is 0 Å². The minimum absolute atomic E-state index is 0. The largest absolute Gasteiger partial charge is 0 e. The summed E-state index contributed by atoms with van der Waals surface area (Å²) in [5.74, 6) is 0. The zero-order valence-electron chi connectivity index (χ0n) is 1.52. The summed E-state index contributed by atoms with van der Waals surface area (Å²) in [6, 6.07) is 0. The summed E-state index contributed by atoms with van der Waals surface area (Å²) in [7, 11) is 0. The van der Waals surface area contributed by atoms with Crippen molar-refractivity contribution in [2.75, 3.05) is 0 Å². The second-order valence-corrected chi connectivity index (χ2v) is 0. The number of hydrogen-bond donors (Lipinski definition) is 0. The molecule has 0 radical (unpaired) electrons. The summed E-state index contributed by atoms with van der Waals surface area (Å²) in [4.78, 5) is 0. The minimum Gasteiger partial charge on any atom is 0 e. The van der Waals surface area contributed by atoms with Crippen molar-refractivity contribution in [3.63, 3.8) is 0 Å². The Morgan fingerprint density at radius 1 is 1.25 bits per heavy atom. The molecule has 0 fully saturated rings. The van der Waals surface area contributed by atoms with Gasteiger partial charge in [-0.15, -0.1) is 0 Å². The Bertz CT molecular complexity index is 8.00. The van der Waals surface area contributed by atoms with E-state index in [0.717, 1.165) is 0 Å². The van der Waals surface area contributed by atoms with E-state index in [4.69, 9.17) is 3.80 Å². The molecule has 0 spiro atoms. The van der Waals surface area contributed by atoms with Crippen molar-refractivity contribution < 1.29 is 39.5 Å². The minimum atomic E-state index is 0. The first kappa shape index (κ1) is 16.0. The Hall–Kier alpha value is 2.59. The van der Waals surface area contributed by atoms with Gasteiger partial charge in [-0.25, -0.2) is 0 Å². The van der Waals surface area contributed by atoms with Crippen molar-refractivity contribution in [1.29, 1.82) is 0 Å². The molecule has 0 saturated carbocycles. The van der Waals surface area contributed by atoms with Crippen LogP contribution in [0.25, 0.3) is 0 Å². The predicted octanol–water partition coefficient (Wildman–Crippen LogP) is -0.772. The van der Waals surface area contributed by atoms with Crippen molar-refractivity contribution in [2.45, 2.75) is 0 Å². The Morgan fingerprint density at radius 3 is 1.25 bits per heavy atom. The fraction of sp³-hybridized carbons (Fsp3) is 0. The smallest absolute Gasteiger partial charge is 0 e. The van der Waals surface area contributed by atoms with E-state index in [9.17, 15) is 0 Å². The zero-order valence-corrected chi connectivity index (χ0v) is 5.77. The quantitative estimate of drug-likeness (QED) is 0.440. The summed E-state index contributed by atoms with van der Waals surface area (Å²) in [5.41, 5.74) is 0. The van der Waals surface area contributed by atoms with Gasteiger partial charge in [0, 0.05) is 19.5 Å². The molecule has 0 unspecified atom stereocenters. The first-order chi connectivity index (χ1) is 1.00. The van der Waals surface area contributed by atoms with Gasteiger partial charge in [0.15, 0.2) is 0 Å². The van der Waals surface area contributed by atoms with Gasteiger partial charge in [-0.05, 0) is 0 Å². The second-order valence-electron chi connectivity index (χ2n) is 0. The van der Waals surface area contributed by atoms with E-state index in [1.807, 2.05) is 0 Å². The van der Waals surface area contributed by atoms with Crippen LogP contribution in [0.15, 0.2) is 0 Å². The SMILES string of the molecule is [KH].[O]=[Cr].[Zn]. The molecule has 0 heterocycles. The van der Waals surface area contributed by atoms with Crippen LogP contribution in [0.1, 0.15) is 0 Å². The van der Waals surface area contributed by atoms with E-state index < -0.39 is 0 Å². The Kier molecular flexibility index (Phi) is 70.1. The van der Waals surface area contributed by atoms with Crippen LogP contribution in [0.4, 0.5) is 0 Å².